The number of aryl methyl sites for hydroxylation is 1. The fourth-order valence-electron chi connectivity index (χ4n) is 2.21. The van der Waals surface area contributed by atoms with Gasteiger partial charge in [-0.2, -0.15) is 5.10 Å². The van der Waals surface area contributed by atoms with E-state index in [9.17, 15) is 0 Å². The van der Waals surface area contributed by atoms with Crippen LogP contribution in [0.5, 0.6) is 0 Å². The predicted molar refractivity (Wildman–Crippen MR) is 78.1 cm³/mol. The number of hydrogen-bond acceptors (Lipinski definition) is 1. The zero-order chi connectivity index (χ0) is 13.3. The fourth-order valence-corrected chi connectivity index (χ4v) is 2.61. The van der Waals surface area contributed by atoms with Crippen LogP contribution in [0, 0.1) is 11.3 Å². The lowest BCUT2D eigenvalue weighted by atomic mass is 9.77. The first-order valence-corrected chi connectivity index (χ1v) is 6.98. The van der Waals surface area contributed by atoms with Crippen LogP contribution >= 0.6 is 11.6 Å². The number of hydrogen-bond donors (Lipinski definition) is 0. The molecular weight excluding hydrogens is 244 g/mol. The SMILES string of the molecule is CC(C)C(C)(CCl)Cc1nn(C)c2ccccc12. The average molecular weight is 265 g/mol. The Morgan fingerprint density at radius 3 is 2.61 bits per heavy atom. The van der Waals surface area contributed by atoms with E-state index in [1.54, 1.807) is 0 Å². The van der Waals surface area contributed by atoms with Crippen LogP contribution in [0.25, 0.3) is 10.9 Å². The maximum absolute atomic E-state index is 6.18. The summed E-state index contributed by atoms with van der Waals surface area (Å²) < 4.78 is 1.96. The third-order valence-electron chi connectivity index (χ3n) is 4.10. The molecule has 2 rings (SSSR count). The molecule has 98 valence electrons. The summed E-state index contributed by atoms with van der Waals surface area (Å²) in [5.74, 6) is 1.20. The van der Waals surface area contributed by atoms with Crippen LogP contribution in [0.1, 0.15) is 26.5 Å². The molecule has 0 bridgehead atoms. The number of rotatable bonds is 4. The van der Waals surface area contributed by atoms with Gasteiger partial charge in [0.2, 0.25) is 0 Å². The molecule has 1 aromatic heterocycles. The van der Waals surface area contributed by atoms with Gasteiger partial charge in [0, 0.05) is 18.3 Å². The highest BCUT2D eigenvalue weighted by Crippen LogP contribution is 2.34. The van der Waals surface area contributed by atoms with Gasteiger partial charge in [-0.05, 0) is 23.8 Å². The second-order valence-electron chi connectivity index (χ2n) is 5.71. The summed E-state index contributed by atoms with van der Waals surface area (Å²) in [6.07, 6.45) is 0.926. The normalized spacial score (nSPS) is 15.2. The lowest BCUT2D eigenvalue weighted by Gasteiger charge is -2.31. The molecule has 0 N–H and O–H groups in total. The Kier molecular flexibility index (Phi) is 3.67. The monoisotopic (exact) mass is 264 g/mol. The van der Waals surface area contributed by atoms with Gasteiger partial charge in [0.05, 0.1) is 11.2 Å². The van der Waals surface area contributed by atoms with Crippen molar-refractivity contribution in [2.45, 2.75) is 27.2 Å². The molecule has 3 heteroatoms. The molecule has 1 heterocycles. The number of fused-ring (bicyclic) bond motifs is 1. The van der Waals surface area contributed by atoms with Gasteiger partial charge in [0.25, 0.3) is 0 Å². The molecule has 0 saturated heterocycles. The molecule has 2 nitrogen and oxygen atoms in total. The summed E-state index contributed by atoms with van der Waals surface area (Å²) in [7, 11) is 2.00. The van der Waals surface area contributed by atoms with Crippen LogP contribution in [0.15, 0.2) is 24.3 Å². The minimum Gasteiger partial charge on any atom is -0.268 e. The first kappa shape index (κ1) is 13.4. The summed E-state index contributed by atoms with van der Waals surface area (Å²) in [6, 6.07) is 8.38. The smallest absolute Gasteiger partial charge is 0.0709 e. The molecule has 0 fully saturated rings. The van der Waals surface area contributed by atoms with Gasteiger partial charge in [0.15, 0.2) is 0 Å². The Labute approximate surface area is 114 Å². The van der Waals surface area contributed by atoms with Crippen molar-refractivity contribution in [3.63, 3.8) is 0 Å². The minimum atomic E-state index is 0.0959. The first-order chi connectivity index (χ1) is 8.48. The van der Waals surface area contributed by atoms with Crippen molar-refractivity contribution in [3.05, 3.63) is 30.0 Å². The summed E-state index contributed by atoms with van der Waals surface area (Å²) in [6.45, 7) is 6.70. The number of halogens is 1. The second kappa shape index (κ2) is 4.93. The topological polar surface area (TPSA) is 17.8 Å². The highest BCUT2D eigenvalue weighted by molar-refractivity contribution is 6.18. The summed E-state index contributed by atoms with van der Waals surface area (Å²) in [4.78, 5) is 0. The molecule has 1 atom stereocenters. The highest BCUT2D eigenvalue weighted by atomic mass is 35.5. The van der Waals surface area contributed by atoms with Crippen molar-refractivity contribution in [1.29, 1.82) is 0 Å². The molecular formula is C15H21ClN2. The van der Waals surface area contributed by atoms with Crippen molar-refractivity contribution >= 4 is 22.5 Å². The highest BCUT2D eigenvalue weighted by Gasteiger charge is 2.29. The van der Waals surface area contributed by atoms with Gasteiger partial charge in [-0.1, -0.05) is 39.0 Å². The van der Waals surface area contributed by atoms with Gasteiger partial charge in [0.1, 0.15) is 0 Å². The maximum atomic E-state index is 6.18. The van der Waals surface area contributed by atoms with Crippen molar-refractivity contribution < 1.29 is 0 Å². The standard InChI is InChI=1S/C15H21ClN2/c1-11(2)15(3,10-16)9-13-12-7-5-6-8-14(12)18(4)17-13/h5-8,11H,9-10H2,1-4H3. The van der Waals surface area contributed by atoms with E-state index in [-0.39, 0.29) is 5.41 Å². The van der Waals surface area contributed by atoms with E-state index in [1.807, 2.05) is 11.7 Å². The molecule has 0 aliphatic carbocycles. The zero-order valence-electron chi connectivity index (χ0n) is 11.6. The number of alkyl halides is 1. The lowest BCUT2D eigenvalue weighted by molar-refractivity contribution is 0.251. The first-order valence-electron chi connectivity index (χ1n) is 6.44. The third-order valence-corrected chi connectivity index (χ3v) is 4.72. The molecule has 1 unspecified atom stereocenters. The average Bonchev–Trinajstić information content (AvgIpc) is 2.66. The molecule has 0 spiro atoms. The molecule has 0 radical (unpaired) electrons. The van der Waals surface area contributed by atoms with Gasteiger partial charge in [-0.3, -0.25) is 4.68 Å². The van der Waals surface area contributed by atoms with Gasteiger partial charge >= 0.3 is 0 Å². The molecule has 0 saturated carbocycles. The maximum Gasteiger partial charge on any atom is 0.0709 e. The van der Waals surface area contributed by atoms with E-state index < -0.39 is 0 Å². The van der Waals surface area contributed by atoms with Crippen molar-refractivity contribution in [2.75, 3.05) is 5.88 Å². The Bertz CT molecular complexity index is 544. The van der Waals surface area contributed by atoms with Crippen LogP contribution in [0.3, 0.4) is 0 Å². The Morgan fingerprint density at radius 1 is 1.33 bits per heavy atom. The van der Waals surface area contributed by atoms with Crippen molar-refractivity contribution in [1.82, 2.24) is 9.78 Å². The number of nitrogens with zero attached hydrogens (tertiary/aromatic N) is 2. The van der Waals surface area contributed by atoms with Crippen LogP contribution in [-0.2, 0) is 13.5 Å². The molecule has 1 aromatic carbocycles. The fraction of sp³-hybridized carbons (Fsp3) is 0.533. The van der Waals surface area contributed by atoms with Gasteiger partial charge < -0.3 is 0 Å². The number of aromatic nitrogens is 2. The van der Waals surface area contributed by atoms with E-state index in [0.29, 0.717) is 11.8 Å². The predicted octanol–water partition coefficient (Wildman–Crippen LogP) is 4.02. The molecule has 0 amide bonds. The Morgan fingerprint density at radius 2 is 2.00 bits per heavy atom. The Hall–Kier alpha value is -1.02. The summed E-state index contributed by atoms with van der Waals surface area (Å²) in [5.41, 5.74) is 2.44. The van der Waals surface area contributed by atoms with Crippen LogP contribution in [0.4, 0.5) is 0 Å². The van der Waals surface area contributed by atoms with Crippen LogP contribution in [-0.4, -0.2) is 15.7 Å². The van der Waals surface area contributed by atoms with E-state index in [4.69, 9.17) is 11.6 Å². The summed E-state index contributed by atoms with van der Waals surface area (Å²) >= 11 is 6.18. The van der Waals surface area contributed by atoms with E-state index >= 15 is 0 Å². The van der Waals surface area contributed by atoms with E-state index in [2.05, 4.69) is 50.1 Å². The zero-order valence-corrected chi connectivity index (χ0v) is 12.3. The quantitative estimate of drug-likeness (QED) is 0.763. The molecule has 0 aliphatic rings. The van der Waals surface area contributed by atoms with Crippen molar-refractivity contribution in [2.24, 2.45) is 18.4 Å². The van der Waals surface area contributed by atoms with Crippen LogP contribution < -0.4 is 0 Å². The molecule has 18 heavy (non-hydrogen) atoms. The van der Waals surface area contributed by atoms with Crippen molar-refractivity contribution in [3.8, 4) is 0 Å². The minimum absolute atomic E-state index is 0.0959. The third kappa shape index (κ3) is 2.26. The van der Waals surface area contributed by atoms with E-state index in [1.165, 1.54) is 10.9 Å². The molecule has 2 aromatic rings. The largest absolute Gasteiger partial charge is 0.268 e. The second-order valence-corrected chi connectivity index (χ2v) is 5.97. The lowest BCUT2D eigenvalue weighted by Crippen LogP contribution is -2.28. The number of benzene rings is 1. The van der Waals surface area contributed by atoms with Gasteiger partial charge in [-0.25, -0.2) is 0 Å². The summed E-state index contributed by atoms with van der Waals surface area (Å²) in [5, 5.41) is 5.91. The van der Waals surface area contributed by atoms with Crippen LogP contribution in [0.2, 0.25) is 0 Å². The Balaban J connectivity index is 2.43. The number of para-hydroxylation sites is 1. The molecule has 0 aliphatic heterocycles. The van der Waals surface area contributed by atoms with E-state index in [0.717, 1.165) is 12.1 Å². The van der Waals surface area contributed by atoms with Gasteiger partial charge in [-0.15, -0.1) is 11.6 Å².